The molecule has 0 unspecified atom stereocenters. The number of urea groups is 1. The van der Waals surface area contributed by atoms with Gasteiger partial charge in [0.15, 0.2) is 0 Å². The fourth-order valence-electron chi connectivity index (χ4n) is 3.92. The van der Waals surface area contributed by atoms with Crippen molar-refractivity contribution in [2.45, 2.75) is 50.9 Å². The van der Waals surface area contributed by atoms with Crippen LogP contribution < -0.4 is 4.90 Å². The minimum absolute atomic E-state index is 0.0428. The molecular formula is C18H18F3N3O2. The van der Waals surface area contributed by atoms with E-state index in [9.17, 15) is 22.8 Å². The monoisotopic (exact) mass is 365 g/mol. The Balaban J connectivity index is 2.04. The maximum atomic E-state index is 13.3. The Morgan fingerprint density at radius 3 is 2.50 bits per heavy atom. The molecule has 2 amide bonds. The fourth-order valence-corrected chi connectivity index (χ4v) is 3.92. The molecule has 26 heavy (non-hydrogen) atoms. The minimum Gasteiger partial charge on any atom is -0.312 e. The van der Waals surface area contributed by atoms with E-state index in [4.69, 9.17) is 5.26 Å². The van der Waals surface area contributed by atoms with Crippen LogP contribution in [0.3, 0.4) is 0 Å². The van der Waals surface area contributed by atoms with E-state index in [1.165, 1.54) is 22.8 Å². The molecule has 0 aromatic heterocycles. The quantitative estimate of drug-likeness (QED) is 0.820. The topological polar surface area (TPSA) is 64.4 Å². The van der Waals surface area contributed by atoms with E-state index in [2.05, 4.69) is 0 Å². The molecule has 2 aliphatic rings. The zero-order valence-electron chi connectivity index (χ0n) is 14.2. The van der Waals surface area contributed by atoms with Gasteiger partial charge in [-0.25, -0.2) is 4.79 Å². The number of benzene rings is 1. The molecule has 8 heteroatoms. The molecule has 0 radical (unpaired) electrons. The van der Waals surface area contributed by atoms with Gasteiger partial charge < -0.3 is 4.90 Å². The molecule has 1 aliphatic carbocycles. The maximum absolute atomic E-state index is 13.3. The number of alkyl halides is 3. The first kappa shape index (κ1) is 18.2. The standard InChI is InChI=1S/C18H18F3N3O2/c1-11(25)10-23-15-4-2-3-5-16(15)24(17(23)26)13-7-6-12(9-22)14(8-13)18(19,20)21/h6-8,15-16H,2-5,10H2,1H3/t15-,16-/m0/s1. The second-order valence-corrected chi connectivity index (χ2v) is 6.74. The first-order valence-electron chi connectivity index (χ1n) is 8.44. The van der Waals surface area contributed by atoms with E-state index >= 15 is 0 Å². The highest BCUT2D eigenvalue weighted by molar-refractivity contribution is 5.98. The van der Waals surface area contributed by atoms with Crippen molar-refractivity contribution < 1.29 is 22.8 Å². The summed E-state index contributed by atoms with van der Waals surface area (Å²) in [6, 6.07) is 3.98. The highest BCUT2D eigenvalue weighted by Gasteiger charge is 2.48. The maximum Gasteiger partial charge on any atom is 0.417 e. The molecule has 1 saturated carbocycles. The summed E-state index contributed by atoms with van der Waals surface area (Å²) in [6.07, 6.45) is -1.50. The molecule has 2 fully saturated rings. The molecule has 138 valence electrons. The third-order valence-corrected chi connectivity index (χ3v) is 4.98. The number of nitrogens with zero attached hydrogens (tertiary/aromatic N) is 3. The van der Waals surface area contributed by atoms with Gasteiger partial charge in [-0.3, -0.25) is 9.69 Å². The van der Waals surface area contributed by atoms with Crippen molar-refractivity contribution in [1.29, 1.82) is 5.26 Å². The summed E-state index contributed by atoms with van der Waals surface area (Å²) in [6.45, 7) is 1.34. The van der Waals surface area contributed by atoms with Gasteiger partial charge in [0, 0.05) is 5.69 Å². The molecule has 1 aromatic rings. The minimum atomic E-state index is -4.69. The Morgan fingerprint density at radius 2 is 1.92 bits per heavy atom. The second-order valence-electron chi connectivity index (χ2n) is 6.74. The zero-order valence-corrected chi connectivity index (χ0v) is 14.2. The first-order valence-corrected chi connectivity index (χ1v) is 8.44. The van der Waals surface area contributed by atoms with E-state index in [1.54, 1.807) is 6.07 Å². The molecule has 0 bridgehead atoms. The second kappa shape index (κ2) is 6.63. The van der Waals surface area contributed by atoms with Crippen LogP contribution >= 0.6 is 0 Å². The number of hydrogen-bond acceptors (Lipinski definition) is 3. The van der Waals surface area contributed by atoms with Crippen molar-refractivity contribution in [2.24, 2.45) is 0 Å². The van der Waals surface area contributed by atoms with Crippen LogP contribution in [-0.2, 0) is 11.0 Å². The number of amides is 2. The summed E-state index contributed by atoms with van der Waals surface area (Å²) >= 11 is 0. The summed E-state index contributed by atoms with van der Waals surface area (Å²) in [5, 5.41) is 8.94. The summed E-state index contributed by atoms with van der Waals surface area (Å²) in [7, 11) is 0. The lowest BCUT2D eigenvalue weighted by molar-refractivity contribution is -0.137. The van der Waals surface area contributed by atoms with Crippen LogP contribution in [0.1, 0.15) is 43.7 Å². The summed E-state index contributed by atoms with van der Waals surface area (Å²) in [5.74, 6) is -0.166. The van der Waals surface area contributed by atoms with Gasteiger partial charge in [-0.1, -0.05) is 12.8 Å². The van der Waals surface area contributed by atoms with Crippen LogP contribution in [0.2, 0.25) is 0 Å². The van der Waals surface area contributed by atoms with Gasteiger partial charge in [0.25, 0.3) is 0 Å². The highest BCUT2D eigenvalue weighted by Crippen LogP contribution is 2.40. The van der Waals surface area contributed by atoms with Crippen LogP contribution in [0.15, 0.2) is 18.2 Å². The van der Waals surface area contributed by atoms with Crippen molar-refractivity contribution in [1.82, 2.24) is 4.90 Å². The largest absolute Gasteiger partial charge is 0.417 e. The molecule has 1 heterocycles. The number of Topliss-reactive ketones (excluding diaryl/α,β-unsaturated/α-hetero) is 1. The van der Waals surface area contributed by atoms with Crippen molar-refractivity contribution in [2.75, 3.05) is 11.4 Å². The molecule has 0 N–H and O–H groups in total. The Morgan fingerprint density at radius 1 is 1.27 bits per heavy atom. The summed E-state index contributed by atoms with van der Waals surface area (Å²) in [4.78, 5) is 27.2. The van der Waals surface area contributed by atoms with Crippen molar-refractivity contribution in [3.8, 4) is 6.07 Å². The van der Waals surface area contributed by atoms with Crippen molar-refractivity contribution >= 4 is 17.5 Å². The fraction of sp³-hybridized carbons (Fsp3) is 0.500. The van der Waals surface area contributed by atoms with Crippen LogP contribution in [0.5, 0.6) is 0 Å². The van der Waals surface area contributed by atoms with E-state index in [0.29, 0.717) is 6.42 Å². The lowest BCUT2D eigenvalue weighted by Crippen LogP contribution is -2.41. The first-order chi connectivity index (χ1) is 12.2. The van der Waals surface area contributed by atoms with Gasteiger partial charge in [0.05, 0.1) is 35.8 Å². The smallest absolute Gasteiger partial charge is 0.312 e. The number of rotatable bonds is 3. The number of nitriles is 1. The van der Waals surface area contributed by atoms with Crippen molar-refractivity contribution in [3.63, 3.8) is 0 Å². The van der Waals surface area contributed by atoms with Gasteiger partial charge in [-0.2, -0.15) is 18.4 Å². The Labute approximate surface area is 149 Å². The van der Waals surface area contributed by atoms with Gasteiger partial charge in [-0.15, -0.1) is 0 Å². The van der Waals surface area contributed by atoms with E-state index in [0.717, 1.165) is 31.4 Å². The average molecular weight is 365 g/mol. The summed E-state index contributed by atoms with van der Waals surface area (Å²) in [5.41, 5.74) is -1.42. The SMILES string of the molecule is CC(=O)CN1C(=O)N(c2ccc(C#N)c(C(F)(F)F)c2)[C@H]2CCCC[C@@H]21. The van der Waals surface area contributed by atoms with Crippen LogP contribution in [0, 0.1) is 11.3 Å². The molecule has 1 aliphatic heterocycles. The third kappa shape index (κ3) is 3.14. The predicted octanol–water partition coefficient (Wildman–Crippen LogP) is 3.72. The van der Waals surface area contributed by atoms with E-state index < -0.39 is 23.3 Å². The number of fused-ring (bicyclic) bond motifs is 1. The van der Waals surface area contributed by atoms with Crippen LogP contribution in [0.25, 0.3) is 0 Å². The molecule has 0 spiro atoms. The lowest BCUT2D eigenvalue weighted by atomic mass is 9.90. The van der Waals surface area contributed by atoms with Crippen molar-refractivity contribution in [3.05, 3.63) is 29.3 Å². The molecular weight excluding hydrogens is 347 g/mol. The molecule has 5 nitrogen and oxygen atoms in total. The molecule has 2 atom stereocenters. The average Bonchev–Trinajstić information content (AvgIpc) is 2.85. The van der Waals surface area contributed by atoms with Gasteiger partial charge in [-0.05, 0) is 38.0 Å². The highest BCUT2D eigenvalue weighted by atomic mass is 19.4. The number of halogens is 3. The van der Waals surface area contributed by atoms with Crippen LogP contribution in [-0.4, -0.2) is 35.3 Å². The normalized spacial score (nSPS) is 23.0. The number of anilines is 1. The Kier molecular flexibility index (Phi) is 4.65. The molecule has 1 aromatic carbocycles. The number of carbonyl (C=O) groups excluding carboxylic acids is 2. The molecule has 3 rings (SSSR count). The van der Waals surface area contributed by atoms with Gasteiger partial charge >= 0.3 is 12.2 Å². The predicted molar refractivity (Wildman–Crippen MR) is 87.5 cm³/mol. The molecule has 1 saturated heterocycles. The zero-order chi connectivity index (χ0) is 19.1. The number of carbonyl (C=O) groups is 2. The lowest BCUT2D eigenvalue weighted by Gasteiger charge is -2.31. The van der Waals surface area contributed by atoms with E-state index in [-0.39, 0.29) is 30.1 Å². The van der Waals surface area contributed by atoms with Gasteiger partial charge in [0.1, 0.15) is 5.78 Å². The Bertz CT molecular complexity index is 785. The Hall–Kier alpha value is -2.56. The van der Waals surface area contributed by atoms with Crippen LogP contribution in [0.4, 0.5) is 23.7 Å². The number of hydrogen-bond donors (Lipinski definition) is 0. The van der Waals surface area contributed by atoms with Gasteiger partial charge in [0.2, 0.25) is 0 Å². The summed E-state index contributed by atoms with van der Waals surface area (Å²) < 4.78 is 39.8. The number of ketones is 1. The third-order valence-electron chi connectivity index (χ3n) is 4.98. The van der Waals surface area contributed by atoms with E-state index in [1.807, 2.05) is 0 Å².